The molecule has 0 atom stereocenters. The smallest absolute Gasteiger partial charge is 0.409 e. The highest BCUT2D eigenvalue weighted by atomic mass is 35.5. The number of benzene rings is 2. The Balaban J connectivity index is 1.85. The van der Waals surface area contributed by atoms with E-state index < -0.39 is 6.09 Å². The van der Waals surface area contributed by atoms with Crippen LogP contribution in [0.2, 0.25) is 5.02 Å². The quantitative estimate of drug-likeness (QED) is 0.728. The number of amides is 1. The number of carbonyl (C=O) groups is 1. The number of para-hydroxylation sites is 1. The van der Waals surface area contributed by atoms with Gasteiger partial charge in [-0.25, -0.2) is 9.48 Å². The fourth-order valence-corrected chi connectivity index (χ4v) is 3.21. The Kier molecular flexibility index (Phi) is 4.41. The first-order valence-electron chi connectivity index (χ1n) is 8.51. The number of hydrogen-bond acceptors (Lipinski definition) is 3. The van der Waals surface area contributed by atoms with Gasteiger partial charge >= 0.3 is 6.09 Å². The molecular weight excluding hydrogens is 378 g/mol. The zero-order valence-corrected chi connectivity index (χ0v) is 15.7. The molecule has 0 spiro atoms. The summed E-state index contributed by atoms with van der Waals surface area (Å²) < 4.78 is 6.84. The molecule has 2 heterocycles. The minimum absolute atomic E-state index is 0.161. The SMILES string of the molecule is C=c1[nH]n(-c2ccccc2)c(=O)/c1=C1\C=C(C)N(c2ccc(Cl)cc2)C(=O)O1. The molecule has 0 unspecified atom stereocenters. The Morgan fingerprint density at radius 3 is 2.32 bits per heavy atom. The van der Waals surface area contributed by atoms with E-state index in [0.717, 1.165) is 0 Å². The van der Waals surface area contributed by atoms with Crippen LogP contribution in [0.25, 0.3) is 18.0 Å². The zero-order valence-electron chi connectivity index (χ0n) is 15.0. The molecule has 0 bridgehead atoms. The van der Waals surface area contributed by atoms with Gasteiger partial charge in [0.1, 0.15) is 11.0 Å². The van der Waals surface area contributed by atoms with E-state index in [0.29, 0.717) is 27.4 Å². The third kappa shape index (κ3) is 3.04. The molecule has 0 aliphatic carbocycles. The summed E-state index contributed by atoms with van der Waals surface area (Å²) in [4.78, 5) is 27.0. The maximum Gasteiger partial charge on any atom is 0.424 e. The fourth-order valence-electron chi connectivity index (χ4n) is 3.09. The van der Waals surface area contributed by atoms with Crippen molar-refractivity contribution in [3.8, 4) is 5.69 Å². The van der Waals surface area contributed by atoms with Crippen molar-refractivity contribution >= 4 is 35.7 Å². The van der Waals surface area contributed by atoms with Gasteiger partial charge in [-0.1, -0.05) is 36.4 Å². The van der Waals surface area contributed by atoms with Gasteiger partial charge in [-0.05, 0) is 43.3 Å². The van der Waals surface area contributed by atoms with Crippen molar-refractivity contribution in [2.45, 2.75) is 6.92 Å². The molecule has 3 aromatic rings. The van der Waals surface area contributed by atoms with Crippen LogP contribution in [0.1, 0.15) is 6.92 Å². The van der Waals surface area contributed by atoms with Crippen LogP contribution in [0.5, 0.6) is 0 Å². The monoisotopic (exact) mass is 393 g/mol. The third-order valence-corrected chi connectivity index (χ3v) is 4.64. The van der Waals surface area contributed by atoms with Gasteiger partial charge in [-0.2, -0.15) is 0 Å². The summed E-state index contributed by atoms with van der Waals surface area (Å²) in [7, 11) is 0. The van der Waals surface area contributed by atoms with E-state index >= 15 is 0 Å². The summed E-state index contributed by atoms with van der Waals surface area (Å²) in [6, 6.07) is 15.9. The maximum atomic E-state index is 12.9. The number of cyclic esters (lactones) is 1. The Bertz CT molecular complexity index is 1250. The van der Waals surface area contributed by atoms with Gasteiger partial charge in [0.05, 0.1) is 16.7 Å². The lowest BCUT2D eigenvalue weighted by Crippen LogP contribution is -2.41. The molecule has 0 saturated heterocycles. The first kappa shape index (κ1) is 17.9. The summed E-state index contributed by atoms with van der Waals surface area (Å²) in [5.41, 5.74) is 1.55. The highest BCUT2D eigenvalue weighted by molar-refractivity contribution is 6.30. The second kappa shape index (κ2) is 6.90. The predicted octanol–water partition coefficient (Wildman–Crippen LogP) is 2.90. The van der Waals surface area contributed by atoms with Gasteiger partial charge in [-0.15, -0.1) is 0 Å². The van der Waals surface area contributed by atoms with Crippen molar-refractivity contribution in [2.75, 3.05) is 4.90 Å². The summed E-state index contributed by atoms with van der Waals surface area (Å²) in [5, 5.41) is 4.07. The van der Waals surface area contributed by atoms with Crippen molar-refractivity contribution in [1.82, 2.24) is 9.78 Å². The predicted molar refractivity (Wildman–Crippen MR) is 109 cm³/mol. The number of H-pyrrole nitrogens is 1. The van der Waals surface area contributed by atoms with E-state index in [4.69, 9.17) is 16.3 Å². The lowest BCUT2D eigenvalue weighted by atomic mass is 10.2. The number of allylic oxidation sites excluding steroid dienone is 1. The first-order valence-corrected chi connectivity index (χ1v) is 8.89. The Labute approximate surface area is 165 Å². The Hall–Kier alpha value is -3.51. The standard InChI is InChI=1S/C21H16ClN3O3/c1-13-12-18(28-21(27)24(13)16-10-8-15(22)9-11-16)19-14(2)23-25(20(19)26)17-6-4-3-5-7-17/h3-12,23H,2H2,1H3/b19-18+. The molecule has 0 radical (unpaired) electrons. The van der Waals surface area contributed by atoms with Crippen molar-refractivity contribution in [1.29, 1.82) is 0 Å². The van der Waals surface area contributed by atoms with Crippen molar-refractivity contribution in [3.05, 3.63) is 92.3 Å². The Morgan fingerprint density at radius 1 is 1.00 bits per heavy atom. The minimum atomic E-state index is -0.608. The average molecular weight is 394 g/mol. The normalized spacial score (nSPS) is 16.0. The van der Waals surface area contributed by atoms with Crippen molar-refractivity contribution in [3.63, 3.8) is 0 Å². The van der Waals surface area contributed by atoms with Gasteiger partial charge in [0, 0.05) is 16.8 Å². The highest BCUT2D eigenvalue weighted by Gasteiger charge is 2.26. The number of ether oxygens (including phenoxy) is 1. The molecule has 4 rings (SSSR count). The number of aromatic nitrogens is 2. The summed E-state index contributed by atoms with van der Waals surface area (Å²) in [6.45, 7) is 5.66. The highest BCUT2D eigenvalue weighted by Crippen LogP contribution is 2.27. The van der Waals surface area contributed by atoms with Crippen LogP contribution < -0.4 is 21.0 Å². The Morgan fingerprint density at radius 2 is 1.68 bits per heavy atom. The third-order valence-electron chi connectivity index (χ3n) is 4.38. The van der Waals surface area contributed by atoms with Crippen LogP contribution in [-0.2, 0) is 4.74 Å². The van der Waals surface area contributed by atoms with Gasteiger partial charge < -0.3 is 4.74 Å². The summed E-state index contributed by atoms with van der Waals surface area (Å²) >= 11 is 5.91. The molecular formula is C21H16ClN3O3. The molecule has 1 aliphatic heterocycles. The van der Waals surface area contributed by atoms with Crippen LogP contribution in [0.3, 0.4) is 0 Å². The van der Waals surface area contributed by atoms with Crippen LogP contribution in [0.15, 0.2) is 71.2 Å². The lowest BCUT2D eigenvalue weighted by Gasteiger charge is -2.26. The fraction of sp³-hybridized carbons (Fsp3) is 0.0476. The molecule has 2 aromatic carbocycles. The van der Waals surface area contributed by atoms with E-state index in [1.165, 1.54) is 9.58 Å². The number of nitrogens with zero attached hydrogens (tertiary/aromatic N) is 2. The molecule has 140 valence electrons. The van der Waals surface area contributed by atoms with Crippen LogP contribution >= 0.6 is 11.6 Å². The number of rotatable bonds is 2. The number of anilines is 1. The summed E-state index contributed by atoms with van der Waals surface area (Å²) in [5.74, 6) is 0.161. The second-order valence-corrected chi connectivity index (χ2v) is 6.71. The topological polar surface area (TPSA) is 67.3 Å². The van der Waals surface area contributed by atoms with E-state index in [-0.39, 0.29) is 16.5 Å². The first-order chi connectivity index (χ1) is 13.5. The number of hydrogen-bond donors (Lipinski definition) is 1. The van der Waals surface area contributed by atoms with Crippen molar-refractivity contribution in [2.24, 2.45) is 0 Å². The number of aromatic amines is 1. The van der Waals surface area contributed by atoms with Crippen LogP contribution in [-0.4, -0.2) is 15.9 Å². The number of halogens is 1. The molecule has 6 nitrogen and oxygen atoms in total. The van der Waals surface area contributed by atoms with E-state index in [2.05, 4.69) is 11.7 Å². The number of carbonyl (C=O) groups excluding carboxylic acids is 1. The maximum absolute atomic E-state index is 12.9. The lowest BCUT2D eigenvalue weighted by molar-refractivity contribution is 0.199. The molecule has 7 heteroatoms. The van der Waals surface area contributed by atoms with Gasteiger partial charge in [0.15, 0.2) is 0 Å². The molecule has 1 aromatic heterocycles. The van der Waals surface area contributed by atoms with Gasteiger partial charge in [-0.3, -0.25) is 14.8 Å². The van der Waals surface area contributed by atoms with Crippen LogP contribution in [0.4, 0.5) is 10.5 Å². The molecule has 0 saturated carbocycles. The van der Waals surface area contributed by atoms with E-state index in [1.54, 1.807) is 49.4 Å². The van der Waals surface area contributed by atoms with Gasteiger partial charge in [0.2, 0.25) is 0 Å². The number of nitrogens with one attached hydrogen (secondary N) is 1. The second-order valence-electron chi connectivity index (χ2n) is 6.27. The van der Waals surface area contributed by atoms with E-state index in [9.17, 15) is 9.59 Å². The average Bonchev–Trinajstić information content (AvgIpc) is 2.97. The molecule has 28 heavy (non-hydrogen) atoms. The molecule has 1 aliphatic rings. The zero-order chi connectivity index (χ0) is 19.8. The minimum Gasteiger partial charge on any atom is -0.409 e. The summed E-state index contributed by atoms with van der Waals surface area (Å²) in [6.07, 6.45) is 1.04. The van der Waals surface area contributed by atoms with Crippen LogP contribution in [0, 0.1) is 0 Å². The van der Waals surface area contributed by atoms with E-state index in [1.807, 2.05) is 18.2 Å². The largest absolute Gasteiger partial charge is 0.424 e. The molecule has 1 N–H and O–H groups in total. The van der Waals surface area contributed by atoms with Gasteiger partial charge in [0.25, 0.3) is 5.56 Å². The molecule has 1 amide bonds. The van der Waals surface area contributed by atoms with Crippen molar-refractivity contribution < 1.29 is 9.53 Å². The molecule has 0 fully saturated rings.